The number of rotatable bonds is 8. The smallest absolute Gasteiger partial charge is 0.278 e. The number of ketones is 2. The van der Waals surface area contributed by atoms with Crippen molar-refractivity contribution in [2.24, 2.45) is 0 Å². The van der Waals surface area contributed by atoms with E-state index in [0.29, 0.717) is 12.8 Å². The average molecular weight is 537 g/mol. The number of carbonyl (C=O) groups excluding carboxylic acids is 2. The highest BCUT2D eigenvalue weighted by Crippen LogP contribution is 2.25. The molecular weight excluding hydrogens is 504 g/mol. The van der Waals surface area contributed by atoms with Crippen molar-refractivity contribution in [3.8, 4) is 0 Å². The molecule has 0 radical (unpaired) electrons. The molecule has 0 saturated carbocycles. The first-order valence-corrected chi connectivity index (χ1v) is 12.3. The maximum Gasteiger partial charge on any atom is 0.278 e. The van der Waals surface area contributed by atoms with E-state index in [2.05, 4.69) is 10.6 Å². The van der Waals surface area contributed by atoms with Gasteiger partial charge in [0.15, 0.2) is 17.4 Å². The van der Waals surface area contributed by atoms with Crippen molar-refractivity contribution in [3.63, 3.8) is 0 Å². The van der Waals surface area contributed by atoms with E-state index < -0.39 is 29.5 Å². The van der Waals surface area contributed by atoms with E-state index in [1.807, 2.05) is 27.7 Å². The summed E-state index contributed by atoms with van der Waals surface area (Å²) in [6.45, 7) is 7.67. The number of Topliss-reactive ketones (excluding diaryl/α,β-unsaturated/α-hetero) is 2. The third-order valence-corrected chi connectivity index (χ3v) is 5.87. The van der Waals surface area contributed by atoms with E-state index in [4.69, 9.17) is 8.83 Å². The number of fused-ring (bicyclic) bond motifs is 2. The molecule has 2 aromatic carbocycles. The Morgan fingerprint density at radius 2 is 1.34 bits per heavy atom. The first-order valence-electron chi connectivity index (χ1n) is 12.3. The summed E-state index contributed by atoms with van der Waals surface area (Å²) in [5, 5.41) is 5.74. The van der Waals surface area contributed by atoms with Gasteiger partial charge < -0.3 is 19.5 Å². The summed E-state index contributed by atoms with van der Waals surface area (Å²) in [6.07, 6.45) is 2.02. The molecule has 0 aliphatic carbocycles. The Morgan fingerprint density at radius 1 is 0.763 bits per heavy atom. The van der Waals surface area contributed by atoms with Crippen LogP contribution in [0.5, 0.6) is 0 Å². The molecule has 2 aromatic heterocycles. The molecule has 38 heavy (non-hydrogen) atoms. The fraction of sp³-hybridized carbons (Fsp3) is 0.357. The molecule has 2 unspecified atom stereocenters. The lowest BCUT2D eigenvalue weighted by atomic mass is 10.0. The molecule has 2 atom stereocenters. The molecule has 0 aliphatic heterocycles. The molecule has 0 amide bonds. The van der Waals surface area contributed by atoms with Crippen molar-refractivity contribution in [2.75, 3.05) is 14.1 Å². The van der Waals surface area contributed by atoms with Crippen LogP contribution in [-0.4, -0.2) is 37.7 Å². The van der Waals surface area contributed by atoms with E-state index in [1.54, 1.807) is 14.1 Å². The van der Waals surface area contributed by atoms with Gasteiger partial charge in [-0.3, -0.25) is 9.59 Å². The van der Waals surface area contributed by atoms with Gasteiger partial charge in [-0.2, -0.15) is 4.39 Å². The quantitative estimate of drug-likeness (QED) is 0.190. The van der Waals surface area contributed by atoms with Crippen LogP contribution in [0.25, 0.3) is 21.9 Å². The van der Waals surface area contributed by atoms with Crippen molar-refractivity contribution < 1.29 is 36.0 Å². The predicted octanol–water partition coefficient (Wildman–Crippen LogP) is 6.81. The monoisotopic (exact) mass is 536 g/mol. The summed E-state index contributed by atoms with van der Waals surface area (Å²) < 4.78 is 63.2. The van der Waals surface area contributed by atoms with Crippen LogP contribution in [0.2, 0.25) is 0 Å². The Hall–Kier alpha value is -3.50. The average Bonchev–Trinajstić information content (AvgIpc) is 3.48. The predicted molar refractivity (Wildman–Crippen MR) is 139 cm³/mol. The van der Waals surface area contributed by atoms with Crippen LogP contribution in [-0.2, 0) is 0 Å². The number of carbonyl (C=O) groups is 2. The number of halogens is 4. The maximum atomic E-state index is 13.8. The molecule has 0 saturated heterocycles. The number of furan rings is 2. The molecule has 2 heterocycles. The van der Waals surface area contributed by atoms with Gasteiger partial charge in [0.25, 0.3) is 6.01 Å². The minimum absolute atomic E-state index is 0.0431. The first-order chi connectivity index (χ1) is 18.1. The van der Waals surface area contributed by atoms with Crippen LogP contribution in [0.3, 0.4) is 0 Å². The number of benzene rings is 2. The lowest BCUT2D eigenvalue weighted by molar-refractivity contribution is 0.0935. The lowest BCUT2D eigenvalue weighted by Crippen LogP contribution is -2.33. The minimum Gasteiger partial charge on any atom is -0.461 e. The van der Waals surface area contributed by atoms with Gasteiger partial charge in [-0.05, 0) is 51.2 Å². The second-order valence-electron chi connectivity index (χ2n) is 8.06. The highest BCUT2D eigenvalue weighted by Gasteiger charge is 2.22. The molecule has 2 N–H and O–H groups in total. The standard InChI is InChI=1S/2C13H13F2NO2.C2H6/c1-3-11(16-2)13(17)8-5-12-7(4-9(8)14)10(15)6-18-12;1-3-10(16-2)13(17)7-4-9(14)8-6-12(15)18-11(8)5-7;1-2/h4-6,11,16H,3H2,1-2H3;4-6,10,16H,3H2,1-2H3;1-2H3. The highest BCUT2D eigenvalue weighted by molar-refractivity contribution is 6.03. The Morgan fingerprint density at radius 3 is 1.92 bits per heavy atom. The van der Waals surface area contributed by atoms with Crippen LogP contribution in [0.15, 0.2) is 45.4 Å². The molecule has 206 valence electrons. The summed E-state index contributed by atoms with van der Waals surface area (Å²) in [4.78, 5) is 24.1. The third kappa shape index (κ3) is 6.68. The summed E-state index contributed by atoms with van der Waals surface area (Å²) >= 11 is 0. The summed E-state index contributed by atoms with van der Waals surface area (Å²) in [7, 11) is 3.29. The van der Waals surface area contributed by atoms with Crippen LogP contribution >= 0.6 is 0 Å². The second kappa shape index (κ2) is 13.9. The van der Waals surface area contributed by atoms with Crippen LogP contribution in [0.4, 0.5) is 17.6 Å². The van der Waals surface area contributed by atoms with E-state index >= 15 is 0 Å². The first kappa shape index (κ1) is 30.7. The highest BCUT2D eigenvalue weighted by atomic mass is 19.1. The molecule has 4 aromatic rings. The SMILES string of the molecule is CC.CCC(NC)C(=O)c1cc(F)c2cc(F)oc2c1.CCC(NC)C(=O)c1cc2occ(F)c2cc1F. The number of hydrogen-bond acceptors (Lipinski definition) is 6. The van der Waals surface area contributed by atoms with E-state index in [1.165, 1.54) is 12.1 Å². The van der Waals surface area contributed by atoms with E-state index in [-0.39, 0.29) is 50.7 Å². The zero-order valence-electron chi connectivity index (χ0n) is 22.2. The normalized spacial score (nSPS) is 12.4. The Labute approximate surface area is 218 Å². The Bertz CT molecular complexity index is 1390. The van der Waals surface area contributed by atoms with Gasteiger partial charge in [-0.15, -0.1) is 0 Å². The van der Waals surface area contributed by atoms with Crippen molar-refractivity contribution in [1.29, 1.82) is 0 Å². The Balaban J connectivity index is 0.000000251. The van der Waals surface area contributed by atoms with Gasteiger partial charge in [0.2, 0.25) is 0 Å². The summed E-state index contributed by atoms with van der Waals surface area (Å²) in [6, 6.07) is 3.96. The van der Waals surface area contributed by atoms with Crippen LogP contribution in [0, 0.1) is 23.5 Å². The van der Waals surface area contributed by atoms with Gasteiger partial charge in [-0.1, -0.05) is 27.7 Å². The van der Waals surface area contributed by atoms with Crippen molar-refractivity contribution in [2.45, 2.75) is 52.6 Å². The molecule has 0 fully saturated rings. The Kier molecular flexibility index (Phi) is 11.2. The van der Waals surface area contributed by atoms with Gasteiger partial charge in [-0.25, -0.2) is 13.2 Å². The van der Waals surface area contributed by atoms with E-state index in [0.717, 1.165) is 24.5 Å². The topological polar surface area (TPSA) is 84.5 Å². The molecule has 6 nitrogen and oxygen atoms in total. The molecule has 0 aliphatic rings. The number of hydrogen-bond donors (Lipinski definition) is 2. The van der Waals surface area contributed by atoms with Gasteiger partial charge in [0.05, 0.1) is 28.4 Å². The van der Waals surface area contributed by atoms with Gasteiger partial charge >= 0.3 is 0 Å². The summed E-state index contributed by atoms with van der Waals surface area (Å²) in [5.74, 6) is -2.63. The lowest BCUT2D eigenvalue weighted by Gasteiger charge is -2.12. The van der Waals surface area contributed by atoms with Crippen LogP contribution in [0.1, 0.15) is 61.3 Å². The largest absolute Gasteiger partial charge is 0.461 e. The van der Waals surface area contributed by atoms with Crippen LogP contribution < -0.4 is 10.6 Å². The molecule has 4 rings (SSSR count). The zero-order chi connectivity index (χ0) is 28.6. The third-order valence-electron chi connectivity index (χ3n) is 5.87. The number of likely N-dealkylation sites (N-methyl/N-ethyl adjacent to an activating group) is 2. The van der Waals surface area contributed by atoms with Gasteiger partial charge in [0, 0.05) is 11.6 Å². The minimum atomic E-state index is -0.867. The maximum absolute atomic E-state index is 13.8. The fourth-order valence-electron chi connectivity index (χ4n) is 3.84. The fourth-order valence-corrected chi connectivity index (χ4v) is 3.84. The molecule has 10 heteroatoms. The zero-order valence-corrected chi connectivity index (χ0v) is 22.2. The van der Waals surface area contributed by atoms with Crippen molar-refractivity contribution in [3.05, 3.63) is 71.2 Å². The second-order valence-corrected chi connectivity index (χ2v) is 8.06. The molecular formula is C28H32F4N2O4. The van der Waals surface area contributed by atoms with Crippen molar-refractivity contribution >= 4 is 33.5 Å². The molecule has 0 spiro atoms. The summed E-state index contributed by atoms with van der Waals surface area (Å²) in [5.41, 5.74) is 0.304. The van der Waals surface area contributed by atoms with Gasteiger partial charge in [0.1, 0.15) is 29.1 Å². The number of nitrogens with one attached hydrogen (secondary N) is 2. The molecule has 0 bridgehead atoms. The van der Waals surface area contributed by atoms with E-state index in [9.17, 15) is 27.2 Å². The van der Waals surface area contributed by atoms with Crippen molar-refractivity contribution in [1.82, 2.24) is 10.6 Å².